The predicted octanol–water partition coefficient (Wildman–Crippen LogP) is 8.91. The van der Waals surface area contributed by atoms with Gasteiger partial charge in [0.15, 0.2) is 14.6 Å². The largest absolute Gasteiger partial charge is 0.491 e. The SMILES string of the molecule is CCCC[C@]1(C/C=C\CCCC(=O)O)[C@@H](O)CC(OC2CCCCO2)[C@@H]1CC[C@@H](COc1ccccc1)O[Si](C)(C)C(C)(C)C. The van der Waals surface area contributed by atoms with Crippen molar-refractivity contribution in [3.8, 4) is 5.75 Å². The van der Waals surface area contributed by atoms with E-state index in [0.29, 0.717) is 19.4 Å². The summed E-state index contributed by atoms with van der Waals surface area (Å²) in [6.07, 6.45) is 14.1. The summed E-state index contributed by atoms with van der Waals surface area (Å²) in [7, 11) is -2.08. The van der Waals surface area contributed by atoms with Crippen LogP contribution in [0.4, 0.5) is 0 Å². The predicted molar refractivity (Wildman–Crippen MR) is 183 cm³/mol. The number of aliphatic carboxylic acids is 1. The number of para-hydroxylation sites is 1. The molecule has 0 aromatic heterocycles. The Morgan fingerprint density at radius 1 is 1.16 bits per heavy atom. The molecular weight excluding hydrogens is 584 g/mol. The third kappa shape index (κ3) is 11.5. The highest BCUT2D eigenvalue weighted by atomic mass is 28.4. The van der Waals surface area contributed by atoms with Crippen molar-refractivity contribution >= 4 is 14.3 Å². The van der Waals surface area contributed by atoms with Crippen LogP contribution in [-0.4, -0.2) is 62.3 Å². The van der Waals surface area contributed by atoms with Crippen LogP contribution in [0.2, 0.25) is 18.1 Å². The van der Waals surface area contributed by atoms with E-state index in [4.69, 9.17) is 23.7 Å². The number of hydrogen-bond acceptors (Lipinski definition) is 6. The molecule has 0 radical (unpaired) electrons. The molecule has 2 fully saturated rings. The second-order valence-electron chi connectivity index (χ2n) is 14.8. The van der Waals surface area contributed by atoms with Gasteiger partial charge in [-0.1, -0.05) is 70.9 Å². The monoisotopic (exact) mass is 646 g/mol. The van der Waals surface area contributed by atoms with Crippen LogP contribution in [0.1, 0.15) is 111 Å². The molecule has 8 heteroatoms. The van der Waals surface area contributed by atoms with Crippen LogP contribution in [0.15, 0.2) is 42.5 Å². The molecule has 1 aliphatic heterocycles. The lowest BCUT2D eigenvalue weighted by Crippen LogP contribution is -2.46. The summed E-state index contributed by atoms with van der Waals surface area (Å²) in [4.78, 5) is 11.0. The molecule has 3 rings (SSSR count). The molecule has 45 heavy (non-hydrogen) atoms. The minimum absolute atomic E-state index is 0.0713. The van der Waals surface area contributed by atoms with Crippen molar-refractivity contribution in [2.75, 3.05) is 13.2 Å². The number of hydrogen-bond donors (Lipinski definition) is 2. The van der Waals surface area contributed by atoms with Gasteiger partial charge in [0.05, 0.1) is 18.3 Å². The van der Waals surface area contributed by atoms with Gasteiger partial charge in [-0.2, -0.15) is 0 Å². The first kappa shape index (κ1) is 37.7. The second kappa shape index (κ2) is 18.0. The molecule has 0 amide bonds. The van der Waals surface area contributed by atoms with Crippen molar-refractivity contribution in [2.45, 2.75) is 154 Å². The van der Waals surface area contributed by atoms with Crippen LogP contribution in [0.5, 0.6) is 5.75 Å². The Bertz CT molecular complexity index is 1020. The maximum atomic E-state index is 11.8. The Hall–Kier alpha value is -1.71. The average Bonchev–Trinajstić information content (AvgIpc) is 3.24. The highest BCUT2D eigenvalue weighted by Gasteiger charge is 2.54. The molecule has 1 saturated heterocycles. The molecule has 0 spiro atoms. The minimum Gasteiger partial charge on any atom is -0.491 e. The van der Waals surface area contributed by atoms with E-state index in [1.165, 1.54) is 0 Å². The number of allylic oxidation sites excluding steroid dienone is 2. The van der Waals surface area contributed by atoms with Gasteiger partial charge < -0.3 is 28.8 Å². The summed E-state index contributed by atoms with van der Waals surface area (Å²) in [6.45, 7) is 14.8. The maximum absolute atomic E-state index is 11.8. The van der Waals surface area contributed by atoms with Gasteiger partial charge >= 0.3 is 5.97 Å². The van der Waals surface area contributed by atoms with Crippen molar-refractivity contribution in [2.24, 2.45) is 11.3 Å². The number of ether oxygens (including phenoxy) is 3. The minimum atomic E-state index is -2.08. The molecule has 2 unspecified atom stereocenters. The van der Waals surface area contributed by atoms with Gasteiger partial charge in [0.1, 0.15) is 12.4 Å². The Kier molecular flexibility index (Phi) is 15.1. The highest BCUT2D eigenvalue weighted by Crippen LogP contribution is 2.54. The van der Waals surface area contributed by atoms with E-state index in [1.54, 1.807) is 0 Å². The van der Waals surface area contributed by atoms with Crippen molar-refractivity contribution in [3.05, 3.63) is 42.5 Å². The first-order valence-corrected chi connectivity index (χ1v) is 20.5. The normalized spacial score (nSPS) is 26.7. The molecule has 1 aromatic carbocycles. The van der Waals surface area contributed by atoms with Gasteiger partial charge in [-0.05, 0) is 94.0 Å². The van der Waals surface area contributed by atoms with Crippen LogP contribution in [-0.2, 0) is 18.7 Å². The van der Waals surface area contributed by atoms with Crippen LogP contribution < -0.4 is 4.74 Å². The third-order valence-electron chi connectivity index (χ3n) is 10.4. The summed E-state index contributed by atoms with van der Waals surface area (Å²) in [5, 5.41) is 20.9. The molecule has 1 aliphatic carbocycles. The first-order valence-electron chi connectivity index (χ1n) is 17.6. The Balaban J connectivity index is 1.86. The first-order chi connectivity index (χ1) is 21.4. The fraction of sp³-hybridized carbons (Fsp3) is 0.757. The maximum Gasteiger partial charge on any atom is 0.303 e. The number of carboxylic acid groups (broad SMARTS) is 1. The van der Waals surface area contributed by atoms with Crippen LogP contribution >= 0.6 is 0 Å². The fourth-order valence-corrected chi connectivity index (χ4v) is 8.13. The Morgan fingerprint density at radius 2 is 1.91 bits per heavy atom. The van der Waals surface area contributed by atoms with Crippen LogP contribution in [0, 0.1) is 11.3 Å². The highest BCUT2D eigenvalue weighted by molar-refractivity contribution is 6.74. The number of benzene rings is 1. The lowest BCUT2D eigenvalue weighted by atomic mass is 9.68. The topological polar surface area (TPSA) is 94.5 Å². The summed E-state index contributed by atoms with van der Waals surface area (Å²) in [5.74, 6) is 0.221. The zero-order chi connectivity index (χ0) is 32.9. The zero-order valence-corrected chi connectivity index (χ0v) is 30.0. The fourth-order valence-electron chi connectivity index (χ4n) is 6.75. The second-order valence-corrected chi connectivity index (χ2v) is 19.6. The van der Waals surface area contributed by atoms with Crippen LogP contribution in [0.25, 0.3) is 0 Å². The van der Waals surface area contributed by atoms with E-state index in [9.17, 15) is 9.90 Å². The van der Waals surface area contributed by atoms with Crippen molar-refractivity contribution in [1.82, 2.24) is 0 Å². The number of carbonyl (C=O) groups is 1. The molecule has 256 valence electrons. The van der Waals surface area contributed by atoms with Gasteiger partial charge in [0.2, 0.25) is 0 Å². The lowest BCUT2D eigenvalue weighted by Gasteiger charge is -2.42. The number of carboxylic acids is 1. The smallest absolute Gasteiger partial charge is 0.303 e. The van der Waals surface area contributed by atoms with E-state index in [-0.39, 0.29) is 41.3 Å². The third-order valence-corrected chi connectivity index (χ3v) is 15.0. The standard InChI is InChI=1S/C37H62O7Si/c1-7-8-24-37(25-16-10-9-14-20-34(39)40)31(32(27-33(37)38)43-35-21-15-17-26-41-35)23-22-30(44-45(5,6)36(2,3)4)28-42-29-18-12-11-13-19-29/h10-13,16,18-19,30-33,35,38H,7-9,14-15,17,20-28H2,1-6H3,(H,39,40)/b16-10-/t30-,31-,32?,33-,35?,37+/m0/s1. The summed E-state index contributed by atoms with van der Waals surface area (Å²) >= 11 is 0. The summed E-state index contributed by atoms with van der Waals surface area (Å²) in [5.41, 5.74) is -0.319. The van der Waals surface area contributed by atoms with Crippen molar-refractivity contribution in [3.63, 3.8) is 0 Å². The average molecular weight is 647 g/mol. The van der Waals surface area contributed by atoms with Gasteiger partial charge in [-0.15, -0.1) is 0 Å². The van der Waals surface area contributed by atoms with Gasteiger partial charge in [-0.3, -0.25) is 4.79 Å². The van der Waals surface area contributed by atoms with Gasteiger partial charge in [0, 0.05) is 24.9 Å². The summed E-state index contributed by atoms with van der Waals surface area (Å²) < 4.78 is 26.1. The number of aliphatic hydroxyl groups is 1. The van der Waals surface area contributed by atoms with Gasteiger partial charge in [0.25, 0.3) is 0 Å². The number of rotatable bonds is 19. The number of unbranched alkanes of at least 4 members (excludes halogenated alkanes) is 2. The van der Waals surface area contributed by atoms with Crippen molar-refractivity contribution < 1.29 is 33.6 Å². The molecule has 2 N–H and O–H groups in total. The Morgan fingerprint density at radius 3 is 2.56 bits per heavy atom. The van der Waals surface area contributed by atoms with E-state index in [0.717, 1.165) is 76.6 Å². The molecular formula is C37H62O7Si. The number of aliphatic hydroxyl groups excluding tert-OH is 1. The summed E-state index contributed by atoms with van der Waals surface area (Å²) in [6, 6.07) is 9.96. The quantitative estimate of drug-likeness (QED) is 0.0880. The van der Waals surface area contributed by atoms with E-state index < -0.39 is 20.4 Å². The molecule has 1 heterocycles. The van der Waals surface area contributed by atoms with E-state index in [2.05, 4.69) is 52.9 Å². The molecule has 1 saturated carbocycles. The lowest BCUT2D eigenvalue weighted by molar-refractivity contribution is -0.199. The molecule has 7 nitrogen and oxygen atoms in total. The van der Waals surface area contributed by atoms with Crippen LogP contribution in [0.3, 0.4) is 0 Å². The molecule has 6 atom stereocenters. The van der Waals surface area contributed by atoms with E-state index in [1.807, 2.05) is 30.3 Å². The Labute approximate surface area is 274 Å². The van der Waals surface area contributed by atoms with Gasteiger partial charge in [-0.25, -0.2) is 0 Å². The van der Waals surface area contributed by atoms with Crippen molar-refractivity contribution in [1.29, 1.82) is 0 Å². The molecule has 1 aromatic rings. The van der Waals surface area contributed by atoms with E-state index >= 15 is 0 Å². The molecule has 2 aliphatic rings. The molecule has 0 bridgehead atoms. The zero-order valence-electron chi connectivity index (χ0n) is 29.0.